The molecular weight excluding hydrogens is 294 g/mol. The number of rotatable bonds is 2. The van der Waals surface area contributed by atoms with Gasteiger partial charge < -0.3 is 0 Å². The summed E-state index contributed by atoms with van der Waals surface area (Å²) in [5, 5.41) is -0.429. The van der Waals surface area contributed by atoms with Gasteiger partial charge in [0.25, 0.3) is 0 Å². The minimum Gasteiger partial charge on any atom is -0.295 e. The SMILES string of the molecule is Cc1ccc(-n2c(C(C)Cl)nc3c(F)cc(F)cc32)cc1. The molecule has 2 aromatic carbocycles. The number of hydrogen-bond acceptors (Lipinski definition) is 1. The van der Waals surface area contributed by atoms with E-state index in [4.69, 9.17) is 11.6 Å². The Kier molecular flexibility index (Phi) is 3.41. The fraction of sp³-hybridized carbons (Fsp3) is 0.188. The number of aromatic nitrogens is 2. The third-order valence-corrected chi connectivity index (χ3v) is 3.55. The fourth-order valence-electron chi connectivity index (χ4n) is 2.35. The lowest BCUT2D eigenvalue weighted by Crippen LogP contribution is -2.02. The second-order valence-electron chi connectivity index (χ2n) is 5.01. The highest BCUT2D eigenvalue weighted by Gasteiger charge is 2.19. The van der Waals surface area contributed by atoms with Gasteiger partial charge in [-0.05, 0) is 26.0 Å². The van der Waals surface area contributed by atoms with Crippen molar-refractivity contribution in [3.05, 3.63) is 59.4 Å². The van der Waals surface area contributed by atoms with Gasteiger partial charge >= 0.3 is 0 Å². The van der Waals surface area contributed by atoms with Crippen molar-refractivity contribution in [1.29, 1.82) is 0 Å². The molecule has 1 unspecified atom stereocenters. The number of alkyl halides is 1. The Hall–Kier alpha value is -1.94. The largest absolute Gasteiger partial charge is 0.295 e. The first kappa shape index (κ1) is 14.0. The van der Waals surface area contributed by atoms with E-state index in [-0.39, 0.29) is 5.52 Å². The normalized spacial score (nSPS) is 12.8. The summed E-state index contributed by atoms with van der Waals surface area (Å²) in [5.74, 6) is -0.837. The zero-order valence-electron chi connectivity index (χ0n) is 11.6. The quantitative estimate of drug-likeness (QED) is 0.615. The molecule has 0 aliphatic heterocycles. The van der Waals surface area contributed by atoms with Gasteiger partial charge in [-0.25, -0.2) is 13.8 Å². The van der Waals surface area contributed by atoms with Crippen LogP contribution in [0, 0.1) is 18.6 Å². The molecule has 0 spiro atoms. The summed E-state index contributed by atoms with van der Waals surface area (Å²) in [6.45, 7) is 3.72. The molecule has 0 saturated carbocycles. The van der Waals surface area contributed by atoms with Crippen molar-refractivity contribution in [2.24, 2.45) is 0 Å². The standard InChI is InChI=1S/C16H13ClF2N2/c1-9-3-5-12(6-4-9)21-14-8-11(18)7-13(19)15(14)20-16(21)10(2)17/h3-8,10H,1-2H3. The first-order valence-electron chi connectivity index (χ1n) is 6.56. The molecule has 2 nitrogen and oxygen atoms in total. The lowest BCUT2D eigenvalue weighted by molar-refractivity contribution is 0.590. The number of fused-ring (bicyclic) bond motifs is 1. The van der Waals surface area contributed by atoms with Gasteiger partial charge in [0.2, 0.25) is 0 Å². The minimum atomic E-state index is -0.686. The van der Waals surface area contributed by atoms with Crippen LogP contribution in [-0.2, 0) is 0 Å². The molecule has 1 aromatic heterocycles. The van der Waals surface area contributed by atoms with E-state index in [1.807, 2.05) is 31.2 Å². The van der Waals surface area contributed by atoms with Crippen molar-refractivity contribution in [3.63, 3.8) is 0 Å². The summed E-state index contributed by atoms with van der Waals surface area (Å²) in [6, 6.07) is 9.72. The molecule has 1 heterocycles. The Labute approximate surface area is 126 Å². The van der Waals surface area contributed by atoms with Crippen LogP contribution in [0.1, 0.15) is 23.7 Å². The lowest BCUT2D eigenvalue weighted by atomic mass is 10.2. The van der Waals surface area contributed by atoms with Crippen LogP contribution in [-0.4, -0.2) is 9.55 Å². The van der Waals surface area contributed by atoms with E-state index >= 15 is 0 Å². The fourth-order valence-corrected chi connectivity index (χ4v) is 2.50. The summed E-state index contributed by atoms with van der Waals surface area (Å²) in [5.41, 5.74) is 2.37. The number of aryl methyl sites for hydroxylation is 1. The first-order valence-corrected chi connectivity index (χ1v) is 6.99. The Balaban J connectivity index is 2.37. The summed E-state index contributed by atoms with van der Waals surface area (Å²) in [7, 11) is 0. The van der Waals surface area contributed by atoms with E-state index in [0.717, 1.165) is 17.3 Å². The van der Waals surface area contributed by atoms with Gasteiger partial charge in [-0.3, -0.25) is 4.57 Å². The average molecular weight is 307 g/mol. The second kappa shape index (κ2) is 5.11. The molecule has 0 aliphatic carbocycles. The maximum Gasteiger partial charge on any atom is 0.153 e. The number of nitrogens with zero attached hydrogens (tertiary/aromatic N) is 2. The van der Waals surface area contributed by atoms with Crippen LogP contribution in [0.2, 0.25) is 0 Å². The average Bonchev–Trinajstić information content (AvgIpc) is 2.79. The van der Waals surface area contributed by atoms with E-state index in [9.17, 15) is 8.78 Å². The Morgan fingerprint density at radius 1 is 1.14 bits per heavy atom. The van der Waals surface area contributed by atoms with E-state index < -0.39 is 17.0 Å². The van der Waals surface area contributed by atoms with Crippen LogP contribution in [0.4, 0.5) is 8.78 Å². The highest BCUT2D eigenvalue weighted by molar-refractivity contribution is 6.20. The van der Waals surface area contributed by atoms with Crippen molar-refractivity contribution >= 4 is 22.6 Å². The summed E-state index contributed by atoms with van der Waals surface area (Å²) in [6.07, 6.45) is 0. The molecule has 1 atom stereocenters. The predicted octanol–water partition coefficient (Wildman–Crippen LogP) is 4.91. The Morgan fingerprint density at radius 2 is 1.81 bits per heavy atom. The molecular formula is C16H13ClF2N2. The molecule has 3 rings (SSSR count). The molecule has 0 bridgehead atoms. The maximum absolute atomic E-state index is 13.9. The van der Waals surface area contributed by atoms with E-state index in [2.05, 4.69) is 4.98 Å². The third-order valence-electron chi connectivity index (χ3n) is 3.35. The summed E-state index contributed by atoms with van der Waals surface area (Å²) < 4.78 is 29.2. The van der Waals surface area contributed by atoms with Gasteiger partial charge in [-0.2, -0.15) is 0 Å². The summed E-state index contributed by atoms with van der Waals surface area (Å²) >= 11 is 6.15. The van der Waals surface area contributed by atoms with Gasteiger partial charge in [0.15, 0.2) is 5.82 Å². The van der Waals surface area contributed by atoms with Crippen LogP contribution in [0.15, 0.2) is 36.4 Å². The highest BCUT2D eigenvalue weighted by Crippen LogP contribution is 2.30. The van der Waals surface area contributed by atoms with E-state index in [0.29, 0.717) is 11.3 Å². The molecule has 0 radical (unpaired) electrons. The van der Waals surface area contributed by atoms with Crippen LogP contribution < -0.4 is 0 Å². The summed E-state index contributed by atoms with van der Waals surface area (Å²) in [4.78, 5) is 4.24. The van der Waals surface area contributed by atoms with Gasteiger partial charge in [0.1, 0.15) is 17.2 Å². The topological polar surface area (TPSA) is 17.8 Å². The van der Waals surface area contributed by atoms with Crippen LogP contribution in [0.5, 0.6) is 0 Å². The molecule has 108 valence electrons. The monoisotopic (exact) mass is 306 g/mol. The molecule has 5 heteroatoms. The van der Waals surface area contributed by atoms with Crippen molar-refractivity contribution < 1.29 is 8.78 Å². The van der Waals surface area contributed by atoms with Crippen molar-refractivity contribution in [2.75, 3.05) is 0 Å². The Bertz CT molecular complexity index is 807. The zero-order valence-corrected chi connectivity index (χ0v) is 12.3. The van der Waals surface area contributed by atoms with Crippen LogP contribution in [0.25, 0.3) is 16.7 Å². The number of imidazole rings is 1. The van der Waals surface area contributed by atoms with Gasteiger partial charge in [-0.1, -0.05) is 17.7 Å². The molecule has 0 saturated heterocycles. The molecule has 0 amide bonds. The number of benzene rings is 2. The van der Waals surface area contributed by atoms with Crippen LogP contribution in [0.3, 0.4) is 0 Å². The smallest absolute Gasteiger partial charge is 0.153 e. The zero-order chi connectivity index (χ0) is 15.1. The molecule has 0 N–H and O–H groups in total. The van der Waals surface area contributed by atoms with Crippen LogP contribution >= 0.6 is 11.6 Å². The molecule has 3 aromatic rings. The first-order chi connectivity index (χ1) is 9.97. The van der Waals surface area contributed by atoms with Gasteiger partial charge in [-0.15, -0.1) is 11.6 Å². The lowest BCUT2D eigenvalue weighted by Gasteiger charge is -2.11. The van der Waals surface area contributed by atoms with Crippen molar-refractivity contribution in [1.82, 2.24) is 9.55 Å². The molecule has 21 heavy (non-hydrogen) atoms. The number of hydrogen-bond donors (Lipinski definition) is 0. The minimum absolute atomic E-state index is 0.125. The maximum atomic E-state index is 13.9. The predicted molar refractivity (Wildman–Crippen MR) is 80.0 cm³/mol. The highest BCUT2D eigenvalue weighted by atomic mass is 35.5. The van der Waals surface area contributed by atoms with E-state index in [1.54, 1.807) is 11.5 Å². The van der Waals surface area contributed by atoms with Gasteiger partial charge in [0, 0.05) is 17.8 Å². The molecule has 0 fully saturated rings. The van der Waals surface area contributed by atoms with Gasteiger partial charge in [0.05, 0.1) is 10.9 Å². The second-order valence-corrected chi connectivity index (χ2v) is 5.67. The molecule has 0 aliphatic rings. The Morgan fingerprint density at radius 3 is 2.43 bits per heavy atom. The van der Waals surface area contributed by atoms with E-state index in [1.165, 1.54) is 6.07 Å². The third kappa shape index (κ3) is 2.40. The number of halogens is 3. The van der Waals surface area contributed by atoms with Crippen molar-refractivity contribution in [2.45, 2.75) is 19.2 Å². The van der Waals surface area contributed by atoms with Crippen molar-refractivity contribution in [3.8, 4) is 5.69 Å².